The monoisotopic (exact) mass is 322 g/mol. The Labute approximate surface area is 124 Å². The van der Waals surface area contributed by atoms with Crippen molar-refractivity contribution in [1.29, 1.82) is 0 Å². The third-order valence-electron chi connectivity index (χ3n) is 4.81. The minimum absolute atomic E-state index is 0.826. The van der Waals surface area contributed by atoms with Gasteiger partial charge in [0.15, 0.2) is 0 Å². The van der Waals surface area contributed by atoms with Crippen molar-refractivity contribution in [2.75, 3.05) is 12.3 Å². The molecule has 0 radical (unpaired) electrons. The van der Waals surface area contributed by atoms with Crippen LogP contribution in [0.4, 0.5) is 5.69 Å². The number of likely N-dealkylation sites (tertiary alicyclic amines) is 1. The zero-order chi connectivity index (χ0) is 13.2. The standard InChI is InChI=1S/C16H23BrN2/c17-15-10-14(18)8-7-13(15)11-19-9-3-5-12-4-1-2-6-16(12)19/h7-8,10,12,16H,1-6,9,11,18H2. The van der Waals surface area contributed by atoms with Crippen molar-refractivity contribution in [3.63, 3.8) is 0 Å². The second kappa shape index (κ2) is 5.84. The van der Waals surface area contributed by atoms with E-state index in [2.05, 4.69) is 26.9 Å². The summed E-state index contributed by atoms with van der Waals surface area (Å²) in [6.45, 7) is 2.33. The van der Waals surface area contributed by atoms with Crippen molar-refractivity contribution >= 4 is 21.6 Å². The molecule has 3 heteroatoms. The molecule has 0 bridgehead atoms. The van der Waals surface area contributed by atoms with Gasteiger partial charge in [0.2, 0.25) is 0 Å². The molecule has 19 heavy (non-hydrogen) atoms. The minimum Gasteiger partial charge on any atom is -0.399 e. The number of nitrogen functional groups attached to an aromatic ring is 1. The third kappa shape index (κ3) is 2.97. The minimum atomic E-state index is 0.826. The number of fused-ring (bicyclic) bond motifs is 1. The molecule has 1 saturated carbocycles. The number of hydrogen-bond acceptors (Lipinski definition) is 2. The molecule has 0 amide bonds. The van der Waals surface area contributed by atoms with Crippen molar-refractivity contribution in [2.45, 2.75) is 51.1 Å². The Balaban J connectivity index is 1.74. The van der Waals surface area contributed by atoms with E-state index in [4.69, 9.17) is 5.73 Å². The summed E-state index contributed by atoms with van der Waals surface area (Å²) in [5.74, 6) is 0.954. The second-order valence-corrected chi connectivity index (χ2v) is 6.93. The van der Waals surface area contributed by atoms with E-state index < -0.39 is 0 Å². The zero-order valence-electron chi connectivity index (χ0n) is 11.4. The summed E-state index contributed by atoms with van der Waals surface area (Å²) in [6, 6.07) is 7.04. The summed E-state index contributed by atoms with van der Waals surface area (Å²) in [6.07, 6.45) is 8.53. The summed E-state index contributed by atoms with van der Waals surface area (Å²) < 4.78 is 1.16. The number of nitrogens with zero attached hydrogens (tertiary/aromatic N) is 1. The highest BCUT2D eigenvalue weighted by Crippen LogP contribution is 2.36. The first-order valence-electron chi connectivity index (χ1n) is 7.52. The van der Waals surface area contributed by atoms with E-state index in [0.717, 1.165) is 28.7 Å². The lowest BCUT2D eigenvalue weighted by molar-refractivity contribution is 0.0545. The summed E-state index contributed by atoms with van der Waals surface area (Å²) in [4.78, 5) is 2.71. The first-order chi connectivity index (χ1) is 9.24. The van der Waals surface area contributed by atoms with Crippen LogP contribution in [0, 0.1) is 5.92 Å². The lowest BCUT2D eigenvalue weighted by Crippen LogP contribution is -2.46. The molecule has 1 aliphatic carbocycles. The molecule has 0 spiro atoms. The summed E-state index contributed by atoms with van der Waals surface area (Å²) in [5.41, 5.74) is 8.04. The van der Waals surface area contributed by atoms with Crippen LogP contribution in [0.3, 0.4) is 0 Å². The third-order valence-corrected chi connectivity index (χ3v) is 5.55. The predicted molar refractivity (Wildman–Crippen MR) is 83.9 cm³/mol. The zero-order valence-corrected chi connectivity index (χ0v) is 13.0. The van der Waals surface area contributed by atoms with Gasteiger partial charge in [-0.1, -0.05) is 34.8 Å². The number of benzene rings is 1. The molecule has 104 valence electrons. The van der Waals surface area contributed by atoms with Crippen molar-refractivity contribution < 1.29 is 0 Å². The lowest BCUT2D eigenvalue weighted by Gasteiger charge is -2.44. The fraction of sp³-hybridized carbons (Fsp3) is 0.625. The van der Waals surface area contributed by atoms with Crippen molar-refractivity contribution in [1.82, 2.24) is 4.90 Å². The number of hydrogen-bond donors (Lipinski definition) is 1. The van der Waals surface area contributed by atoms with Crippen LogP contribution in [-0.4, -0.2) is 17.5 Å². The second-order valence-electron chi connectivity index (χ2n) is 6.08. The Morgan fingerprint density at radius 3 is 2.79 bits per heavy atom. The molecule has 3 rings (SSSR count). The van der Waals surface area contributed by atoms with E-state index in [1.54, 1.807) is 0 Å². The summed E-state index contributed by atoms with van der Waals surface area (Å²) in [7, 11) is 0. The van der Waals surface area contributed by atoms with Crippen LogP contribution in [0.1, 0.15) is 44.1 Å². The van der Waals surface area contributed by atoms with Crippen molar-refractivity contribution in [2.24, 2.45) is 5.92 Å². The maximum atomic E-state index is 5.82. The molecule has 2 atom stereocenters. The highest BCUT2D eigenvalue weighted by atomic mass is 79.9. The van der Waals surface area contributed by atoms with Gasteiger partial charge in [0.1, 0.15) is 0 Å². The van der Waals surface area contributed by atoms with E-state index in [0.29, 0.717) is 0 Å². The largest absolute Gasteiger partial charge is 0.399 e. The molecule has 1 aliphatic heterocycles. The average Bonchev–Trinajstić information content (AvgIpc) is 2.42. The van der Waals surface area contributed by atoms with E-state index in [-0.39, 0.29) is 0 Å². The van der Waals surface area contributed by atoms with Gasteiger partial charge in [-0.2, -0.15) is 0 Å². The van der Waals surface area contributed by atoms with Crippen molar-refractivity contribution in [3.05, 3.63) is 28.2 Å². The van der Waals surface area contributed by atoms with Gasteiger partial charge < -0.3 is 5.73 Å². The van der Waals surface area contributed by atoms with Crippen LogP contribution in [0.2, 0.25) is 0 Å². The molecule has 0 aromatic heterocycles. The van der Waals surface area contributed by atoms with E-state index in [1.165, 1.54) is 50.6 Å². The average molecular weight is 323 g/mol. The SMILES string of the molecule is Nc1ccc(CN2CCCC3CCCCC32)c(Br)c1. The molecule has 2 unspecified atom stereocenters. The van der Waals surface area contributed by atoms with Crippen LogP contribution < -0.4 is 5.73 Å². The van der Waals surface area contributed by atoms with Crippen LogP contribution >= 0.6 is 15.9 Å². The van der Waals surface area contributed by atoms with Crippen LogP contribution in [0.15, 0.2) is 22.7 Å². The summed E-state index contributed by atoms with van der Waals surface area (Å²) in [5, 5.41) is 0. The number of halogens is 1. The Hall–Kier alpha value is -0.540. The first kappa shape index (κ1) is 13.4. The highest BCUT2D eigenvalue weighted by molar-refractivity contribution is 9.10. The lowest BCUT2D eigenvalue weighted by atomic mass is 9.78. The van der Waals surface area contributed by atoms with Gasteiger partial charge in [0.05, 0.1) is 0 Å². The van der Waals surface area contributed by atoms with Crippen LogP contribution in [-0.2, 0) is 6.54 Å². The molecule has 2 fully saturated rings. The van der Waals surface area contributed by atoms with Crippen LogP contribution in [0.5, 0.6) is 0 Å². The Bertz CT molecular complexity index is 444. The Kier molecular flexibility index (Phi) is 4.13. The quantitative estimate of drug-likeness (QED) is 0.827. The smallest absolute Gasteiger partial charge is 0.0325 e. The molecule has 1 saturated heterocycles. The highest BCUT2D eigenvalue weighted by Gasteiger charge is 2.33. The molecule has 2 nitrogen and oxygen atoms in total. The van der Waals surface area contributed by atoms with Gasteiger partial charge in [-0.05, 0) is 55.8 Å². The van der Waals surface area contributed by atoms with Gasteiger partial charge in [0.25, 0.3) is 0 Å². The van der Waals surface area contributed by atoms with Crippen molar-refractivity contribution in [3.8, 4) is 0 Å². The maximum absolute atomic E-state index is 5.82. The first-order valence-corrected chi connectivity index (χ1v) is 8.31. The molecule has 1 heterocycles. The van der Waals surface area contributed by atoms with E-state index >= 15 is 0 Å². The van der Waals surface area contributed by atoms with Gasteiger partial charge >= 0.3 is 0 Å². The molecular formula is C16H23BrN2. The van der Waals surface area contributed by atoms with Crippen LogP contribution in [0.25, 0.3) is 0 Å². The maximum Gasteiger partial charge on any atom is 0.0325 e. The topological polar surface area (TPSA) is 29.3 Å². The molecule has 1 aromatic carbocycles. The number of nitrogens with two attached hydrogens (primary N) is 1. The van der Waals surface area contributed by atoms with Gasteiger partial charge in [0, 0.05) is 22.7 Å². The van der Waals surface area contributed by atoms with Gasteiger partial charge in [-0.25, -0.2) is 0 Å². The normalized spacial score (nSPS) is 28.1. The molecule has 1 aromatic rings. The Morgan fingerprint density at radius 1 is 1.16 bits per heavy atom. The summed E-state index contributed by atoms with van der Waals surface area (Å²) >= 11 is 3.66. The molecule has 2 N–H and O–H groups in total. The molecular weight excluding hydrogens is 300 g/mol. The fourth-order valence-corrected chi connectivity index (χ4v) is 4.36. The number of piperidine rings is 1. The van der Waals surface area contributed by atoms with Gasteiger partial charge in [-0.3, -0.25) is 4.90 Å². The predicted octanol–water partition coefficient (Wildman–Crippen LogP) is 4.19. The fourth-order valence-electron chi connectivity index (χ4n) is 3.83. The van der Waals surface area contributed by atoms with E-state index in [1.807, 2.05) is 12.1 Å². The Morgan fingerprint density at radius 2 is 1.95 bits per heavy atom. The molecule has 2 aliphatic rings. The number of rotatable bonds is 2. The van der Waals surface area contributed by atoms with E-state index in [9.17, 15) is 0 Å². The number of anilines is 1. The van der Waals surface area contributed by atoms with Gasteiger partial charge in [-0.15, -0.1) is 0 Å².